The third-order valence-electron chi connectivity index (χ3n) is 1.40. The monoisotopic (exact) mass is 251 g/mol. The smallest absolute Gasteiger partial charge is 0.0661 e. The average Bonchev–Trinajstić information content (AvgIpc) is 2.18. The molecule has 0 aromatic heterocycles. The van der Waals surface area contributed by atoms with Gasteiger partial charge in [0.15, 0.2) is 0 Å². The summed E-state index contributed by atoms with van der Waals surface area (Å²) in [5.41, 5.74) is 0. The van der Waals surface area contributed by atoms with Crippen molar-refractivity contribution >= 4 is 5.97 Å². The van der Waals surface area contributed by atoms with Crippen LogP contribution < -0.4 is 10.0 Å². The van der Waals surface area contributed by atoms with Gasteiger partial charge in [-0.25, -0.2) is 0 Å². The fourth-order valence-corrected chi connectivity index (χ4v) is 0.353. The van der Waals surface area contributed by atoms with Crippen molar-refractivity contribution in [1.82, 2.24) is 0 Å². The Hall–Kier alpha value is -0.650. The second-order valence-corrected chi connectivity index (χ2v) is 4.55. The zero-order chi connectivity index (χ0) is 14.4. The largest absolute Gasteiger partial charge is 0.550 e. The van der Waals surface area contributed by atoms with Crippen LogP contribution in [0.15, 0.2) is 0 Å². The van der Waals surface area contributed by atoms with Gasteiger partial charge in [0.25, 0.3) is 0 Å². The number of nitrogens with one attached hydrogen (secondary N) is 1. The summed E-state index contributed by atoms with van der Waals surface area (Å²) in [6.45, 7) is 5.14. The number of carboxylic acid groups (broad SMARTS) is 1. The van der Waals surface area contributed by atoms with Crippen LogP contribution in [0.25, 0.3) is 0 Å². The maximum absolute atomic E-state index is 9.59. The average molecular weight is 251 g/mol. The minimum Gasteiger partial charge on any atom is -0.550 e. The predicted molar refractivity (Wildman–Crippen MR) is 66.6 cm³/mol. The molecule has 0 aliphatic heterocycles. The van der Waals surface area contributed by atoms with E-state index in [1.165, 1.54) is 4.90 Å². The third-order valence-corrected chi connectivity index (χ3v) is 1.40. The Labute approximate surface area is 105 Å². The first-order chi connectivity index (χ1) is 7.68. The molecule has 0 rings (SSSR count). The summed E-state index contributed by atoms with van der Waals surface area (Å²) in [5, 5.41) is 26.5. The molecule has 0 fully saturated rings. The lowest BCUT2D eigenvalue weighted by atomic mass is 10.2. The van der Waals surface area contributed by atoms with Crippen LogP contribution in [0.2, 0.25) is 0 Å². The van der Waals surface area contributed by atoms with Gasteiger partial charge in [0.05, 0.1) is 27.2 Å². The Balaban J connectivity index is -0.000000180. The molecule has 17 heavy (non-hydrogen) atoms. The van der Waals surface area contributed by atoms with Gasteiger partial charge in [-0.05, 0) is 18.8 Å². The molecule has 0 bridgehead atoms. The first-order valence-electron chi connectivity index (χ1n) is 5.95. The number of aliphatic hydroxyl groups excluding tert-OH is 2. The van der Waals surface area contributed by atoms with Gasteiger partial charge in [-0.3, -0.25) is 0 Å². The van der Waals surface area contributed by atoms with Gasteiger partial charge < -0.3 is 25.0 Å². The van der Waals surface area contributed by atoms with E-state index in [-0.39, 0.29) is 18.6 Å². The Bertz CT molecular complexity index is 158. The van der Waals surface area contributed by atoms with E-state index < -0.39 is 5.97 Å². The van der Waals surface area contributed by atoms with E-state index in [4.69, 9.17) is 10.2 Å². The Morgan fingerprint density at radius 3 is 1.65 bits per heavy atom. The van der Waals surface area contributed by atoms with Crippen molar-refractivity contribution in [2.45, 2.75) is 39.7 Å². The summed E-state index contributed by atoms with van der Waals surface area (Å²) in [5.74, 6) is -1.33. The molecule has 0 spiro atoms. The fraction of sp³-hybridized carbons (Fsp3) is 0.917. The molecule has 0 aliphatic rings. The second-order valence-electron chi connectivity index (χ2n) is 4.55. The lowest BCUT2D eigenvalue weighted by molar-refractivity contribution is -0.836. The zero-order valence-corrected chi connectivity index (χ0v) is 12.0. The maximum Gasteiger partial charge on any atom is 0.0661 e. The predicted octanol–water partition coefficient (Wildman–Crippen LogP) is -1.71. The summed E-state index contributed by atoms with van der Waals surface area (Å²) in [7, 11) is 6.25. The number of hydrogen-bond donors (Lipinski definition) is 3. The normalized spacial score (nSPS) is 11.2. The van der Waals surface area contributed by atoms with E-state index in [1.54, 1.807) is 13.8 Å². The van der Waals surface area contributed by atoms with Gasteiger partial charge in [-0.15, -0.1) is 0 Å². The van der Waals surface area contributed by atoms with Crippen LogP contribution >= 0.6 is 0 Å². The molecule has 0 heterocycles. The molecule has 0 radical (unpaired) electrons. The number of quaternary nitrogens is 1. The molecule has 106 valence electrons. The molecule has 0 aromatic carbocycles. The lowest BCUT2D eigenvalue weighted by Crippen LogP contribution is -3.02. The van der Waals surface area contributed by atoms with E-state index >= 15 is 0 Å². The summed E-state index contributed by atoms with van der Waals surface area (Å²) < 4.78 is 0. The standard InChI is InChI=1S/C5H12O2.C4H8O2.C3H9N/c1-2-5(7)3-4-6;1-3(2)4(5)6;1-4(2)3/h5-7H,2-4H2,1H3;3H,1-2H3,(H,5,6);1-3H3. The highest BCUT2D eigenvalue weighted by molar-refractivity contribution is 5.66. The van der Waals surface area contributed by atoms with Gasteiger partial charge in [0.1, 0.15) is 0 Å². The van der Waals surface area contributed by atoms with Gasteiger partial charge in [-0.2, -0.15) is 0 Å². The van der Waals surface area contributed by atoms with E-state index in [1.807, 2.05) is 6.92 Å². The highest BCUT2D eigenvalue weighted by atomic mass is 16.4. The van der Waals surface area contributed by atoms with Crippen LogP contribution in [0.3, 0.4) is 0 Å². The van der Waals surface area contributed by atoms with Crippen LogP contribution in [0, 0.1) is 5.92 Å². The molecule has 5 heteroatoms. The SMILES string of the molecule is CC(C)C(=O)[O-].CCC(O)CCO.C[NH+](C)C. The summed E-state index contributed by atoms with van der Waals surface area (Å²) in [6, 6.07) is 0. The van der Waals surface area contributed by atoms with E-state index in [0.29, 0.717) is 6.42 Å². The molecule has 0 saturated heterocycles. The molecule has 3 N–H and O–H groups in total. The quantitative estimate of drug-likeness (QED) is 0.555. The molecule has 1 atom stereocenters. The highest BCUT2D eigenvalue weighted by Crippen LogP contribution is 1.92. The number of hydrogen-bond acceptors (Lipinski definition) is 4. The molecule has 0 amide bonds. The number of carboxylic acids is 1. The lowest BCUT2D eigenvalue weighted by Gasteiger charge is -2.01. The van der Waals surface area contributed by atoms with Gasteiger partial charge in [-0.1, -0.05) is 20.8 Å². The van der Waals surface area contributed by atoms with Gasteiger partial charge >= 0.3 is 0 Å². The highest BCUT2D eigenvalue weighted by Gasteiger charge is 1.95. The Kier molecular flexibility index (Phi) is 19.5. The van der Waals surface area contributed by atoms with Gasteiger partial charge in [0, 0.05) is 12.6 Å². The van der Waals surface area contributed by atoms with Crippen molar-refractivity contribution in [3.05, 3.63) is 0 Å². The van der Waals surface area contributed by atoms with Crippen molar-refractivity contribution in [2.24, 2.45) is 5.92 Å². The number of aliphatic carboxylic acids is 1. The summed E-state index contributed by atoms with van der Waals surface area (Å²) >= 11 is 0. The van der Waals surface area contributed by atoms with Crippen molar-refractivity contribution in [2.75, 3.05) is 27.7 Å². The number of aliphatic hydroxyl groups is 2. The first-order valence-corrected chi connectivity index (χ1v) is 5.95. The van der Waals surface area contributed by atoms with E-state index in [9.17, 15) is 9.90 Å². The molecular formula is C12H29NO4. The molecule has 0 aliphatic carbocycles. The van der Waals surface area contributed by atoms with Crippen LogP contribution in [0.5, 0.6) is 0 Å². The van der Waals surface area contributed by atoms with Crippen LogP contribution in [-0.4, -0.2) is 50.0 Å². The zero-order valence-electron chi connectivity index (χ0n) is 12.0. The minimum absolute atomic E-state index is 0.0923. The maximum atomic E-state index is 9.59. The molecule has 1 unspecified atom stereocenters. The Morgan fingerprint density at radius 1 is 1.29 bits per heavy atom. The molecule has 0 saturated carbocycles. The number of rotatable bonds is 4. The minimum atomic E-state index is -0.991. The summed E-state index contributed by atoms with van der Waals surface area (Å²) in [6.07, 6.45) is 0.946. The third kappa shape index (κ3) is 39.2. The molecular weight excluding hydrogens is 222 g/mol. The molecule has 5 nitrogen and oxygen atoms in total. The van der Waals surface area contributed by atoms with Crippen molar-refractivity contribution in [1.29, 1.82) is 0 Å². The van der Waals surface area contributed by atoms with Crippen LogP contribution in [0.1, 0.15) is 33.6 Å². The fourth-order valence-electron chi connectivity index (χ4n) is 0.353. The van der Waals surface area contributed by atoms with E-state index in [2.05, 4.69) is 21.1 Å². The van der Waals surface area contributed by atoms with E-state index in [0.717, 1.165) is 6.42 Å². The van der Waals surface area contributed by atoms with Crippen LogP contribution in [0.4, 0.5) is 0 Å². The first kappa shape index (κ1) is 21.6. The number of carbonyl (C=O) groups is 1. The molecule has 0 aromatic rings. The Morgan fingerprint density at radius 2 is 1.59 bits per heavy atom. The van der Waals surface area contributed by atoms with Crippen LogP contribution in [-0.2, 0) is 4.79 Å². The number of carbonyl (C=O) groups excluding carboxylic acids is 1. The summed E-state index contributed by atoms with van der Waals surface area (Å²) in [4.78, 5) is 11.0. The second kappa shape index (κ2) is 15.4. The van der Waals surface area contributed by atoms with Crippen molar-refractivity contribution < 1.29 is 25.0 Å². The topological polar surface area (TPSA) is 85.0 Å². The van der Waals surface area contributed by atoms with Gasteiger partial charge in [0.2, 0.25) is 0 Å². The van der Waals surface area contributed by atoms with Crippen molar-refractivity contribution in [3.63, 3.8) is 0 Å². The van der Waals surface area contributed by atoms with Crippen molar-refractivity contribution in [3.8, 4) is 0 Å².